The standard InChI is InChI=1S/C20H20N4O6/c25-20(19-13-29-17-3-1-2-4-18(17)30-19)22-21-12-14-11-15(24(26)27)5-6-16(14)23-7-9-28-10-8-23/h1-6,11-12,19H,7-10,13H2,(H,22,25)/b21-12-/t19-/m1/s1. The van der Waals surface area contributed by atoms with Crippen molar-refractivity contribution in [3.8, 4) is 11.5 Å². The second-order valence-electron chi connectivity index (χ2n) is 6.70. The highest BCUT2D eigenvalue weighted by molar-refractivity contribution is 5.90. The average Bonchev–Trinajstić information content (AvgIpc) is 2.79. The van der Waals surface area contributed by atoms with E-state index in [-0.39, 0.29) is 12.3 Å². The summed E-state index contributed by atoms with van der Waals surface area (Å²) in [7, 11) is 0. The number of anilines is 1. The van der Waals surface area contributed by atoms with Gasteiger partial charge >= 0.3 is 0 Å². The molecular weight excluding hydrogens is 392 g/mol. The highest BCUT2D eigenvalue weighted by Gasteiger charge is 2.27. The molecule has 2 aromatic carbocycles. The van der Waals surface area contributed by atoms with Crippen molar-refractivity contribution in [2.24, 2.45) is 5.10 Å². The summed E-state index contributed by atoms with van der Waals surface area (Å²) >= 11 is 0. The number of fused-ring (bicyclic) bond motifs is 1. The summed E-state index contributed by atoms with van der Waals surface area (Å²) in [6.07, 6.45) is 0.550. The molecule has 10 nitrogen and oxygen atoms in total. The molecule has 1 amide bonds. The molecule has 0 aliphatic carbocycles. The van der Waals surface area contributed by atoms with Crippen LogP contribution < -0.4 is 19.8 Å². The molecule has 2 aliphatic rings. The average molecular weight is 412 g/mol. The number of hydrogen-bond acceptors (Lipinski definition) is 8. The number of nitro benzene ring substituents is 1. The number of rotatable bonds is 5. The molecule has 2 heterocycles. The molecule has 1 N–H and O–H groups in total. The topological polar surface area (TPSA) is 116 Å². The lowest BCUT2D eigenvalue weighted by molar-refractivity contribution is -0.384. The van der Waals surface area contributed by atoms with Gasteiger partial charge in [0, 0.05) is 36.5 Å². The summed E-state index contributed by atoms with van der Waals surface area (Å²) < 4.78 is 16.5. The third-order valence-electron chi connectivity index (χ3n) is 4.75. The van der Waals surface area contributed by atoms with Crippen molar-refractivity contribution >= 4 is 23.5 Å². The van der Waals surface area contributed by atoms with Gasteiger partial charge in [0.1, 0.15) is 6.61 Å². The lowest BCUT2D eigenvalue weighted by Crippen LogP contribution is -2.42. The Morgan fingerprint density at radius 2 is 1.97 bits per heavy atom. The Hall–Kier alpha value is -3.66. The van der Waals surface area contributed by atoms with Gasteiger partial charge in [-0.05, 0) is 18.2 Å². The second-order valence-corrected chi connectivity index (χ2v) is 6.70. The first-order chi connectivity index (χ1) is 14.6. The molecule has 10 heteroatoms. The van der Waals surface area contributed by atoms with Gasteiger partial charge < -0.3 is 19.1 Å². The lowest BCUT2D eigenvalue weighted by atomic mass is 10.1. The van der Waals surface area contributed by atoms with Crippen LogP contribution in [0.15, 0.2) is 47.6 Å². The fraction of sp³-hybridized carbons (Fsp3) is 0.300. The number of nitrogens with one attached hydrogen (secondary N) is 1. The largest absolute Gasteiger partial charge is 0.485 e. The van der Waals surface area contributed by atoms with Crippen molar-refractivity contribution in [1.82, 2.24) is 5.43 Å². The van der Waals surface area contributed by atoms with E-state index in [1.807, 2.05) is 6.07 Å². The summed E-state index contributed by atoms with van der Waals surface area (Å²) in [6.45, 7) is 2.54. The predicted molar refractivity (Wildman–Crippen MR) is 108 cm³/mol. The number of benzene rings is 2. The van der Waals surface area contributed by atoms with Crippen LogP contribution in [-0.4, -0.2) is 56.1 Å². The van der Waals surface area contributed by atoms with E-state index >= 15 is 0 Å². The van der Waals surface area contributed by atoms with Crippen molar-refractivity contribution < 1.29 is 23.9 Å². The van der Waals surface area contributed by atoms with Gasteiger partial charge in [0.05, 0.1) is 24.4 Å². The molecule has 156 valence electrons. The SMILES string of the molecule is O=C(N/N=C\c1cc([N+](=O)[O-])ccc1N1CCOCC1)[C@H]1COc2ccccc2O1. The molecule has 0 radical (unpaired) electrons. The van der Waals surface area contributed by atoms with Crippen molar-refractivity contribution in [3.05, 3.63) is 58.1 Å². The van der Waals surface area contributed by atoms with E-state index < -0.39 is 16.9 Å². The normalized spacial score (nSPS) is 18.3. The van der Waals surface area contributed by atoms with Crippen LogP contribution in [-0.2, 0) is 9.53 Å². The van der Waals surface area contributed by atoms with E-state index in [1.54, 1.807) is 24.3 Å². The number of morpholine rings is 1. The summed E-state index contributed by atoms with van der Waals surface area (Å²) in [5, 5.41) is 15.1. The van der Waals surface area contributed by atoms with E-state index in [0.29, 0.717) is 43.4 Å². The molecule has 2 aliphatic heterocycles. The van der Waals surface area contributed by atoms with Gasteiger partial charge in [0.2, 0.25) is 6.10 Å². The number of non-ortho nitro benzene ring substituents is 1. The van der Waals surface area contributed by atoms with Crippen LogP contribution in [0, 0.1) is 10.1 Å². The Balaban J connectivity index is 1.47. The highest BCUT2D eigenvalue weighted by atomic mass is 16.6. The number of nitrogens with zero attached hydrogens (tertiary/aromatic N) is 3. The molecule has 0 saturated carbocycles. The van der Waals surface area contributed by atoms with Crippen LogP contribution in [0.3, 0.4) is 0 Å². The third kappa shape index (κ3) is 4.33. The number of hydrogen-bond donors (Lipinski definition) is 1. The van der Waals surface area contributed by atoms with Crippen LogP contribution in [0.1, 0.15) is 5.56 Å². The fourth-order valence-electron chi connectivity index (χ4n) is 3.24. The maximum absolute atomic E-state index is 12.4. The van der Waals surface area contributed by atoms with Crippen LogP contribution >= 0.6 is 0 Å². The Morgan fingerprint density at radius 3 is 2.73 bits per heavy atom. The van der Waals surface area contributed by atoms with E-state index in [0.717, 1.165) is 5.69 Å². The van der Waals surface area contributed by atoms with Crippen LogP contribution in [0.2, 0.25) is 0 Å². The number of amides is 1. The van der Waals surface area contributed by atoms with Crippen LogP contribution in [0.4, 0.5) is 11.4 Å². The molecule has 0 bridgehead atoms. The van der Waals surface area contributed by atoms with Crippen molar-refractivity contribution in [3.63, 3.8) is 0 Å². The smallest absolute Gasteiger partial charge is 0.284 e. The number of ether oxygens (including phenoxy) is 3. The third-order valence-corrected chi connectivity index (χ3v) is 4.75. The Labute approximate surface area is 172 Å². The Kier molecular flexibility index (Phi) is 5.75. The Morgan fingerprint density at radius 1 is 1.20 bits per heavy atom. The summed E-state index contributed by atoms with van der Waals surface area (Å²) in [5.74, 6) is 0.595. The number of nitro groups is 1. The predicted octanol–water partition coefficient (Wildman–Crippen LogP) is 1.72. The zero-order valence-electron chi connectivity index (χ0n) is 16.0. The van der Waals surface area contributed by atoms with Crippen molar-refractivity contribution in [2.75, 3.05) is 37.8 Å². The minimum absolute atomic E-state index is 0.0552. The van der Waals surface area contributed by atoms with Gasteiger partial charge in [0.15, 0.2) is 11.5 Å². The van der Waals surface area contributed by atoms with Crippen LogP contribution in [0.25, 0.3) is 0 Å². The van der Waals surface area contributed by atoms with Crippen LogP contribution in [0.5, 0.6) is 11.5 Å². The van der Waals surface area contributed by atoms with Gasteiger partial charge in [0.25, 0.3) is 11.6 Å². The molecule has 4 rings (SSSR count). The first kappa shape index (κ1) is 19.6. The molecular formula is C20H20N4O6. The molecule has 1 atom stereocenters. The molecule has 1 saturated heterocycles. The van der Waals surface area contributed by atoms with Crippen molar-refractivity contribution in [2.45, 2.75) is 6.10 Å². The first-order valence-corrected chi connectivity index (χ1v) is 9.44. The number of carbonyl (C=O) groups is 1. The van der Waals surface area contributed by atoms with Gasteiger partial charge in [-0.25, -0.2) is 5.43 Å². The van der Waals surface area contributed by atoms with Gasteiger partial charge in [-0.1, -0.05) is 12.1 Å². The summed E-state index contributed by atoms with van der Waals surface area (Å²) in [5.41, 5.74) is 3.68. The molecule has 30 heavy (non-hydrogen) atoms. The van der Waals surface area contributed by atoms with E-state index in [2.05, 4.69) is 15.4 Å². The summed E-state index contributed by atoms with van der Waals surface area (Å²) in [6, 6.07) is 11.6. The maximum Gasteiger partial charge on any atom is 0.284 e. The van der Waals surface area contributed by atoms with Crippen molar-refractivity contribution in [1.29, 1.82) is 0 Å². The first-order valence-electron chi connectivity index (χ1n) is 9.44. The monoisotopic (exact) mass is 412 g/mol. The van der Waals surface area contributed by atoms with Gasteiger partial charge in [-0.15, -0.1) is 0 Å². The number of carbonyl (C=O) groups excluding carboxylic acids is 1. The second kappa shape index (κ2) is 8.78. The molecule has 1 fully saturated rings. The minimum Gasteiger partial charge on any atom is -0.485 e. The van der Waals surface area contributed by atoms with Gasteiger partial charge in [-0.3, -0.25) is 14.9 Å². The number of para-hydroxylation sites is 2. The zero-order chi connectivity index (χ0) is 20.9. The highest BCUT2D eigenvalue weighted by Crippen LogP contribution is 2.31. The van der Waals surface area contributed by atoms with E-state index in [9.17, 15) is 14.9 Å². The fourth-order valence-corrected chi connectivity index (χ4v) is 3.24. The zero-order valence-corrected chi connectivity index (χ0v) is 16.0. The van der Waals surface area contributed by atoms with E-state index in [4.69, 9.17) is 14.2 Å². The molecule has 0 unspecified atom stereocenters. The molecule has 2 aromatic rings. The van der Waals surface area contributed by atoms with Gasteiger partial charge in [-0.2, -0.15) is 5.10 Å². The Bertz CT molecular complexity index is 974. The quantitative estimate of drug-likeness (QED) is 0.452. The molecule has 0 aromatic heterocycles. The number of hydrazone groups is 1. The van der Waals surface area contributed by atoms with E-state index in [1.165, 1.54) is 18.3 Å². The summed E-state index contributed by atoms with van der Waals surface area (Å²) in [4.78, 5) is 25.1. The molecule has 0 spiro atoms. The lowest BCUT2D eigenvalue weighted by Gasteiger charge is -2.29. The minimum atomic E-state index is -0.846. The maximum atomic E-state index is 12.4.